The van der Waals surface area contributed by atoms with Crippen molar-refractivity contribution in [3.63, 3.8) is 0 Å². The van der Waals surface area contributed by atoms with Crippen molar-refractivity contribution < 1.29 is 4.74 Å². The Balaban J connectivity index is 2.49. The Bertz CT molecular complexity index is 319. The number of para-hydroxylation sites is 1. The smallest absolute Gasteiger partial charge is 0.127 e. The summed E-state index contributed by atoms with van der Waals surface area (Å²) >= 11 is 0. The summed E-state index contributed by atoms with van der Waals surface area (Å²) in [5, 5.41) is 0. The summed E-state index contributed by atoms with van der Waals surface area (Å²) in [6.07, 6.45) is 0.925. The first kappa shape index (κ1) is 9.53. The lowest BCUT2D eigenvalue weighted by molar-refractivity contribution is 0.265. The lowest BCUT2D eigenvalue weighted by Crippen LogP contribution is -2.21. The van der Waals surface area contributed by atoms with Crippen molar-refractivity contribution in [2.24, 2.45) is 5.73 Å². The molecule has 1 heterocycles. The van der Waals surface area contributed by atoms with Crippen LogP contribution in [0, 0.1) is 0 Å². The second-order valence-corrected chi connectivity index (χ2v) is 4.16. The number of fused-ring (bicyclic) bond motifs is 1. The van der Waals surface area contributed by atoms with Crippen LogP contribution in [0.4, 0.5) is 0 Å². The number of rotatable bonds is 1. The van der Waals surface area contributed by atoms with Crippen LogP contribution < -0.4 is 10.5 Å². The zero-order valence-electron chi connectivity index (χ0n) is 8.79. The van der Waals surface area contributed by atoms with E-state index in [1.807, 2.05) is 0 Å². The zero-order valence-corrected chi connectivity index (χ0v) is 8.79. The van der Waals surface area contributed by atoms with Crippen LogP contribution in [0.15, 0.2) is 18.2 Å². The standard InChI is InChI=1S/C12H17NO/c1-8(2)9-4-3-5-10-11(13)6-7-14-12(9)10/h3-5,8,11H,6-7,13H2,1-2H3/t11-/m0/s1. The van der Waals surface area contributed by atoms with Gasteiger partial charge in [-0.1, -0.05) is 32.0 Å². The van der Waals surface area contributed by atoms with Crippen LogP contribution in [-0.4, -0.2) is 6.61 Å². The molecule has 0 bridgehead atoms. The van der Waals surface area contributed by atoms with E-state index in [0.717, 1.165) is 18.8 Å². The lowest BCUT2D eigenvalue weighted by Gasteiger charge is -2.26. The summed E-state index contributed by atoms with van der Waals surface area (Å²) in [7, 11) is 0. The van der Waals surface area contributed by atoms with Crippen molar-refractivity contribution in [2.45, 2.75) is 32.2 Å². The zero-order chi connectivity index (χ0) is 10.1. The van der Waals surface area contributed by atoms with Gasteiger partial charge in [0.05, 0.1) is 6.61 Å². The largest absolute Gasteiger partial charge is 0.493 e. The summed E-state index contributed by atoms with van der Waals surface area (Å²) in [6, 6.07) is 6.42. The molecule has 0 saturated carbocycles. The molecule has 76 valence electrons. The molecule has 2 nitrogen and oxygen atoms in total. The molecule has 2 N–H and O–H groups in total. The highest BCUT2D eigenvalue weighted by Gasteiger charge is 2.21. The molecule has 0 spiro atoms. The van der Waals surface area contributed by atoms with Gasteiger partial charge in [-0.05, 0) is 11.5 Å². The molecule has 1 aliphatic rings. The van der Waals surface area contributed by atoms with Crippen LogP contribution in [0.1, 0.15) is 43.4 Å². The molecule has 1 aliphatic heterocycles. The van der Waals surface area contributed by atoms with Gasteiger partial charge < -0.3 is 10.5 Å². The average Bonchev–Trinajstić information content (AvgIpc) is 2.17. The van der Waals surface area contributed by atoms with Gasteiger partial charge in [-0.25, -0.2) is 0 Å². The molecule has 1 aromatic rings. The number of ether oxygens (including phenoxy) is 1. The fraction of sp³-hybridized carbons (Fsp3) is 0.500. The number of hydrogen-bond donors (Lipinski definition) is 1. The van der Waals surface area contributed by atoms with Gasteiger partial charge in [0.2, 0.25) is 0 Å². The third kappa shape index (κ3) is 1.50. The lowest BCUT2D eigenvalue weighted by atomic mass is 9.93. The van der Waals surface area contributed by atoms with Gasteiger partial charge in [-0.2, -0.15) is 0 Å². The summed E-state index contributed by atoms with van der Waals surface area (Å²) < 4.78 is 5.71. The van der Waals surface area contributed by atoms with Crippen molar-refractivity contribution in [3.05, 3.63) is 29.3 Å². The Kier molecular flexibility index (Phi) is 2.46. The van der Waals surface area contributed by atoms with E-state index in [9.17, 15) is 0 Å². The van der Waals surface area contributed by atoms with Gasteiger partial charge in [0.25, 0.3) is 0 Å². The summed E-state index contributed by atoms with van der Waals surface area (Å²) in [5.74, 6) is 1.52. The molecule has 0 unspecified atom stereocenters. The molecule has 0 aliphatic carbocycles. The molecule has 2 rings (SSSR count). The first-order chi connectivity index (χ1) is 6.70. The number of benzene rings is 1. The maximum atomic E-state index is 6.04. The van der Waals surface area contributed by atoms with Gasteiger partial charge in [0.15, 0.2) is 0 Å². The second-order valence-electron chi connectivity index (χ2n) is 4.16. The van der Waals surface area contributed by atoms with Gasteiger partial charge in [-0.15, -0.1) is 0 Å². The summed E-state index contributed by atoms with van der Waals surface area (Å²) in [4.78, 5) is 0. The molecule has 0 aromatic heterocycles. The number of nitrogens with two attached hydrogens (primary N) is 1. The van der Waals surface area contributed by atoms with Crippen molar-refractivity contribution in [1.82, 2.24) is 0 Å². The molecule has 0 fully saturated rings. The Morgan fingerprint density at radius 2 is 2.21 bits per heavy atom. The predicted molar refractivity (Wildman–Crippen MR) is 57.6 cm³/mol. The summed E-state index contributed by atoms with van der Waals surface area (Å²) in [6.45, 7) is 5.11. The molecule has 1 aromatic carbocycles. The van der Waals surface area contributed by atoms with Gasteiger partial charge in [-0.3, -0.25) is 0 Å². The van der Waals surface area contributed by atoms with E-state index in [1.54, 1.807) is 0 Å². The number of hydrogen-bond acceptors (Lipinski definition) is 2. The first-order valence-corrected chi connectivity index (χ1v) is 5.21. The molecule has 2 heteroatoms. The van der Waals surface area contributed by atoms with Crippen molar-refractivity contribution in [3.8, 4) is 5.75 Å². The Labute approximate surface area is 85.1 Å². The topological polar surface area (TPSA) is 35.2 Å². The van der Waals surface area contributed by atoms with Gasteiger partial charge in [0, 0.05) is 18.0 Å². The maximum Gasteiger partial charge on any atom is 0.127 e. The quantitative estimate of drug-likeness (QED) is 0.740. The van der Waals surface area contributed by atoms with Crippen LogP contribution >= 0.6 is 0 Å². The highest BCUT2D eigenvalue weighted by atomic mass is 16.5. The van der Waals surface area contributed by atoms with E-state index in [0.29, 0.717) is 5.92 Å². The highest BCUT2D eigenvalue weighted by molar-refractivity contribution is 5.45. The first-order valence-electron chi connectivity index (χ1n) is 5.21. The minimum Gasteiger partial charge on any atom is -0.493 e. The minimum atomic E-state index is 0.150. The van der Waals surface area contributed by atoms with Gasteiger partial charge in [0.1, 0.15) is 5.75 Å². The molecule has 0 saturated heterocycles. The monoisotopic (exact) mass is 191 g/mol. The Morgan fingerprint density at radius 3 is 2.93 bits per heavy atom. The third-order valence-corrected chi connectivity index (χ3v) is 2.77. The van der Waals surface area contributed by atoms with Crippen molar-refractivity contribution >= 4 is 0 Å². The predicted octanol–water partition coefficient (Wildman–Crippen LogP) is 2.59. The van der Waals surface area contributed by atoms with E-state index < -0.39 is 0 Å². The molecular weight excluding hydrogens is 174 g/mol. The van der Waals surface area contributed by atoms with Crippen molar-refractivity contribution in [1.29, 1.82) is 0 Å². The van der Waals surface area contributed by atoms with Crippen LogP contribution in [0.2, 0.25) is 0 Å². The molecule has 0 amide bonds. The fourth-order valence-corrected chi connectivity index (χ4v) is 1.93. The van der Waals surface area contributed by atoms with E-state index in [1.165, 1.54) is 11.1 Å². The van der Waals surface area contributed by atoms with E-state index in [4.69, 9.17) is 10.5 Å². The normalized spacial score (nSPS) is 20.4. The molecule has 1 atom stereocenters. The van der Waals surface area contributed by atoms with Crippen LogP contribution in [0.5, 0.6) is 5.75 Å². The van der Waals surface area contributed by atoms with Crippen LogP contribution in [-0.2, 0) is 0 Å². The van der Waals surface area contributed by atoms with Crippen LogP contribution in [0.3, 0.4) is 0 Å². The SMILES string of the molecule is CC(C)c1cccc2c1OCC[C@@H]2N. The third-order valence-electron chi connectivity index (χ3n) is 2.77. The Morgan fingerprint density at radius 1 is 1.43 bits per heavy atom. The average molecular weight is 191 g/mol. The summed E-state index contributed by atoms with van der Waals surface area (Å²) in [5.41, 5.74) is 8.48. The van der Waals surface area contributed by atoms with E-state index in [2.05, 4.69) is 32.0 Å². The maximum absolute atomic E-state index is 6.04. The van der Waals surface area contributed by atoms with Gasteiger partial charge >= 0.3 is 0 Å². The molecule has 0 radical (unpaired) electrons. The highest BCUT2D eigenvalue weighted by Crippen LogP contribution is 2.36. The van der Waals surface area contributed by atoms with Crippen LogP contribution in [0.25, 0.3) is 0 Å². The molecular formula is C12H17NO. The van der Waals surface area contributed by atoms with E-state index >= 15 is 0 Å². The van der Waals surface area contributed by atoms with Crippen molar-refractivity contribution in [2.75, 3.05) is 6.61 Å². The molecule has 14 heavy (non-hydrogen) atoms. The fourth-order valence-electron chi connectivity index (χ4n) is 1.93. The second kappa shape index (κ2) is 3.62. The van der Waals surface area contributed by atoms with E-state index in [-0.39, 0.29) is 6.04 Å². The minimum absolute atomic E-state index is 0.150. The Hall–Kier alpha value is -1.02.